The third kappa shape index (κ3) is 4.04. The van der Waals surface area contributed by atoms with Crippen molar-refractivity contribution in [2.75, 3.05) is 0 Å². The predicted molar refractivity (Wildman–Crippen MR) is 97.3 cm³/mol. The van der Waals surface area contributed by atoms with E-state index in [1.54, 1.807) is 17.5 Å². The summed E-state index contributed by atoms with van der Waals surface area (Å²) in [5.74, 6) is 0.797. The number of carbonyl (C=O) groups is 1. The lowest BCUT2D eigenvalue weighted by molar-refractivity contribution is -0.121. The highest BCUT2D eigenvalue weighted by molar-refractivity contribution is 7.07. The van der Waals surface area contributed by atoms with Gasteiger partial charge in [0.1, 0.15) is 11.9 Å². The van der Waals surface area contributed by atoms with E-state index >= 15 is 0 Å². The van der Waals surface area contributed by atoms with Gasteiger partial charge in [-0.2, -0.15) is 11.3 Å². The maximum Gasteiger partial charge on any atom is 0.221 e. The van der Waals surface area contributed by atoms with Crippen molar-refractivity contribution < 1.29 is 4.79 Å². The van der Waals surface area contributed by atoms with Crippen molar-refractivity contribution in [1.82, 2.24) is 14.9 Å². The van der Waals surface area contributed by atoms with E-state index in [9.17, 15) is 4.79 Å². The van der Waals surface area contributed by atoms with E-state index in [1.165, 1.54) is 5.56 Å². The predicted octanol–water partition coefficient (Wildman–Crippen LogP) is 3.97. The summed E-state index contributed by atoms with van der Waals surface area (Å²) in [4.78, 5) is 16.8. The van der Waals surface area contributed by atoms with E-state index < -0.39 is 0 Å². The average molecular weight is 360 g/mol. The molecule has 0 saturated heterocycles. The Labute approximate surface area is 150 Å². The van der Waals surface area contributed by atoms with Gasteiger partial charge in [0.05, 0.1) is 0 Å². The van der Waals surface area contributed by atoms with Crippen molar-refractivity contribution in [2.24, 2.45) is 7.05 Å². The maximum atomic E-state index is 12.4. The van der Waals surface area contributed by atoms with Gasteiger partial charge in [-0.25, -0.2) is 4.98 Å². The molecule has 1 aromatic carbocycles. The lowest BCUT2D eigenvalue weighted by Crippen LogP contribution is -2.31. The molecule has 1 atom stereocenters. The molecule has 6 heteroatoms. The first kappa shape index (κ1) is 16.7. The standard InChI is InChI=1S/C18H18ClN3OS/c1-22-10-9-20-18(22)17(14-3-5-15(19)6-4-14)21-16(23)7-2-13-8-11-24-12-13/h3-6,8-12,17H,2,7H2,1H3,(H,21,23). The molecule has 3 rings (SSSR count). The molecule has 0 spiro atoms. The number of halogens is 1. The lowest BCUT2D eigenvalue weighted by atomic mass is 10.1. The molecule has 4 nitrogen and oxygen atoms in total. The fourth-order valence-electron chi connectivity index (χ4n) is 2.53. The van der Waals surface area contributed by atoms with Gasteiger partial charge in [-0.3, -0.25) is 4.79 Å². The topological polar surface area (TPSA) is 46.9 Å². The highest BCUT2D eigenvalue weighted by atomic mass is 35.5. The number of aryl methyl sites for hydroxylation is 2. The van der Waals surface area contributed by atoms with E-state index in [0.29, 0.717) is 11.4 Å². The molecule has 1 amide bonds. The molecule has 2 aromatic heterocycles. The van der Waals surface area contributed by atoms with Gasteiger partial charge < -0.3 is 9.88 Å². The largest absolute Gasteiger partial charge is 0.342 e. The van der Waals surface area contributed by atoms with Gasteiger partial charge >= 0.3 is 0 Å². The van der Waals surface area contributed by atoms with Crippen molar-refractivity contribution >= 4 is 28.8 Å². The molecule has 1 unspecified atom stereocenters. The number of benzene rings is 1. The summed E-state index contributed by atoms with van der Waals surface area (Å²) < 4.78 is 1.92. The van der Waals surface area contributed by atoms with Crippen LogP contribution in [-0.4, -0.2) is 15.5 Å². The Bertz CT molecular complexity index is 796. The van der Waals surface area contributed by atoms with E-state index in [4.69, 9.17) is 11.6 Å². The van der Waals surface area contributed by atoms with Gasteiger partial charge in [0.2, 0.25) is 5.91 Å². The fourth-order valence-corrected chi connectivity index (χ4v) is 3.36. The number of hydrogen-bond donors (Lipinski definition) is 1. The van der Waals surface area contributed by atoms with Gasteiger partial charge in [0.15, 0.2) is 0 Å². The molecule has 124 valence electrons. The summed E-state index contributed by atoms with van der Waals surface area (Å²) in [5, 5.41) is 7.86. The molecular formula is C18H18ClN3OS. The zero-order valence-corrected chi connectivity index (χ0v) is 14.8. The zero-order valence-electron chi connectivity index (χ0n) is 13.3. The lowest BCUT2D eigenvalue weighted by Gasteiger charge is -2.19. The summed E-state index contributed by atoms with van der Waals surface area (Å²) in [5.41, 5.74) is 2.15. The number of aromatic nitrogens is 2. The summed E-state index contributed by atoms with van der Waals surface area (Å²) in [6.45, 7) is 0. The Kier molecular flexibility index (Phi) is 5.33. The van der Waals surface area contributed by atoms with Crippen LogP contribution in [0.5, 0.6) is 0 Å². The Morgan fingerprint density at radius 3 is 2.75 bits per heavy atom. The second-order valence-corrected chi connectivity index (χ2v) is 6.80. The second-order valence-electron chi connectivity index (χ2n) is 5.58. The first-order valence-electron chi connectivity index (χ1n) is 7.66. The Balaban J connectivity index is 1.76. The van der Waals surface area contributed by atoms with Crippen molar-refractivity contribution in [3.8, 4) is 0 Å². The third-order valence-corrected chi connectivity index (χ3v) is 4.83. The quantitative estimate of drug-likeness (QED) is 0.723. The van der Waals surface area contributed by atoms with Gasteiger partial charge in [0.25, 0.3) is 0 Å². The van der Waals surface area contributed by atoms with Crippen LogP contribution >= 0.6 is 22.9 Å². The number of nitrogens with zero attached hydrogens (tertiary/aromatic N) is 2. The van der Waals surface area contributed by atoms with E-state index in [0.717, 1.165) is 17.8 Å². The molecule has 0 bridgehead atoms. The number of nitrogens with one attached hydrogen (secondary N) is 1. The highest BCUT2D eigenvalue weighted by Gasteiger charge is 2.20. The minimum Gasteiger partial charge on any atom is -0.342 e. The van der Waals surface area contributed by atoms with Gasteiger partial charge in [-0.15, -0.1) is 0 Å². The van der Waals surface area contributed by atoms with Crippen LogP contribution in [0, 0.1) is 0 Å². The smallest absolute Gasteiger partial charge is 0.221 e. The summed E-state index contributed by atoms with van der Waals surface area (Å²) in [6.07, 6.45) is 4.79. The molecule has 0 saturated carbocycles. The maximum absolute atomic E-state index is 12.4. The van der Waals surface area contributed by atoms with Crippen molar-refractivity contribution in [2.45, 2.75) is 18.9 Å². The normalized spacial score (nSPS) is 12.1. The van der Waals surface area contributed by atoms with E-state index in [2.05, 4.69) is 15.7 Å². The van der Waals surface area contributed by atoms with Crippen LogP contribution in [0.2, 0.25) is 5.02 Å². The van der Waals surface area contributed by atoms with Crippen LogP contribution in [0.15, 0.2) is 53.5 Å². The Morgan fingerprint density at radius 2 is 2.12 bits per heavy atom. The van der Waals surface area contributed by atoms with Crippen LogP contribution in [0.25, 0.3) is 0 Å². The van der Waals surface area contributed by atoms with E-state index in [1.807, 2.05) is 53.5 Å². The van der Waals surface area contributed by atoms with Crippen LogP contribution in [0.1, 0.15) is 29.4 Å². The molecule has 0 fully saturated rings. The summed E-state index contributed by atoms with van der Waals surface area (Å²) >= 11 is 7.62. The average Bonchev–Trinajstić information content (AvgIpc) is 3.23. The zero-order chi connectivity index (χ0) is 16.9. The number of carbonyl (C=O) groups excluding carboxylic acids is 1. The van der Waals surface area contributed by atoms with Gasteiger partial charge in [-0.1, -0.05) is 23.7 Å². The molecule has 0 aliphatic rings. The first-order valence-corrected chi connectivity index (χ1v) is 8.98. The SMILES string of the molecule is Cn1ccnc1C(NC(=O)CCc1ccsc1)c1ccc(Cl)cc1. The van der Waals surface area contributed by atoms with Crippen LogP contribution in [0.3, 0.4) is 0 Å². The van der Waals surface area contributed by atoms with Crippen molar-refractivity contribution in [3.63, 3.8) is 0 Å². The number of hydrogen-bond acceptors (Lipinski definition) is 3. The molecule has 24 heavy (non-hydrogen) atoms. The second kappa shape index (κ2) is 7.64. The summed E-state index contributed by atoms with van der Waals surface area (Å²) in [6, 6.07) is 9.24. The molecular weight excluding hydrogens is 342 g/mol. The molecule has 2 heterocycles. The minimum absolute atomic E-state index is 0.00384. The Morgan fingerprint density at radius 1 is 1.33 bits per heavy atom. The Hall–Kier alpha value is -2.11. The van der Waals surface area contributed by atoms with Crippen molar-refractivity contribution in [3.05, 3.63) is 75.5 Å². The molecule has 1 N–H and O–H groups in total. The van der Waals surface area contributed by atoms with Crippen molar-refractivity contribution in [1.29, 1.82) is 0 Å². The number of imidazole rings is 1. The molecule has 3 aromatic rings. The van der Waals surface area contributed by atoms with Crippen LogP contribution in [-0.2, 0) is 18.3 Å². The minimum atomic E-state index is -0.294. The molecule has 0 radical (unpaired) electrons. The van der Waals surface area contributed by atoms with Crippen LogP contribution in [0.4, 0.5) is 0 Å². The third-order valence-electron chi connectivity index (χ3n) is 3.85. The molecule has 0 aliphatic heterocycles. The first-order chi connectivity index (χ1) is 11.6. The monoisotopic (exact) mass is 359 g/mol. The summed E-state index contributed by atoms with van der Waals surface area (Å²) in [7, 11) is 1.92. The number of rotatable bonds is 6. The van der Waals surface area contributed by atoms with E-state index in [-0.39, 0.29) is 11.9 Å². The fraction of sp³-hybridized carbons (Fsp3) is 0.222. The van der Waals surface area contributed by atoms with Crippen LogP contribution < -0.4 is 5.32 Å². The van der Waals surface area contributed by atoms with Gasteiger partial charge in [0, 0.05) is 30.9 Å². The number of thiophene rings is 1. The highest BCUT2D eigenvalue weighted by Crippen LogP contribution is 2.22. The number of amides is 1. The van der Waals surface area contributed by atoms with Gasteiger partial charge in [-0.05, 0) is 46.5 Å². The molecule has 0 aliphatic carbocycles.